The molecule has 30 heavy (non-hydrogen) atoms. The van der Waals surface area contributed by atoms with Gasteiger partial charge in [0, 0.05) is 10.4 Å². The molecule has 3 rings (SSSR count). The predicted molar refractivity (Wildman–Crippen MR) is 111 cm³/mol. The molecule has 0 bridgehead atoms. The van der Waals surface area contributed by atoms with Crippen LogP contribution in [-0.2, 0) is 9.59 Å². The van der Waals surface area contributed by atoms with Gasteiger partial charge < -0.3 is 20.6 Å². The number of carboxylic acid groups (broad SMARTS) is 3. The number of carboxylic acids is 3. The molecule has 0 aliphatic rings. The van der Waals surface area contributed by atoms with E-state index in [4.69, 9.17) is 23.2 Å². The number of nitrogens with one attached hydrogen (secondary N) is 1. The highest BCUT2D eigenvalue weighted by molar-refractivity contribution is 6.38. The van der Waals surface area contributed by atoms with Crippen LogP contribution in [0.15, 0.2) is 48.5 Å². The van der Waals surface area contributed by atoms with E-state index in [0.29, 0.717) is 5.39 Å². The first kappa shape index (κ1) is 21.4. The van der Waals surface area contributed by atoms with Crippen LogP contribution in [0.1, 0.15) is 21.8 Å². The summed E-state index contributed by atoms with van der Waals surface area (Å²) in [5.74, 6) is -6.12. The molecule has 10 heteroatoms. The fraction of sp³-hybridized carbons (Fsp3) is 0.100. The Morgan fingerprint density at radius 1 is 0.933 bits per heavy atom. The molecule has 4 N–H and O–H groups in total. The van der Waals surface area contributed by atoms with Crippen LogP contribution in [0, 0.1) is 0 Å². The van der Waals surface area contributed by atoms with Gasteiger partial charge in [0.2, 0.25) is 0 Å². The molecule has 1 aromatic heterocycles. The summed E-state index contributed by atoms with van der Waals surface area (Å²) in [5, 5.41) is 32.2. The van der Waals surface area contributed by atoms with E-state index in [9.17, 15) is 29.7 Å². The normalized spacial score (nSPS) is 12.9. The first-order valence-corrected chi connectivity index (χ1v) is 9.25. The minimum Gasteiger partial charge on any atom is -0.481 e. The molecular formula is C20H14Cl2N2O6. The minimum absolute atomic E-state index is 0.127. The summed E-state index contributed by atoms with van der Waals surface area (Å²) >= 11 is 12.1. The third-order valence-corrected chi connectivity index (χ3v) is 4.89. The molecule has 3 aromatic rings. The Morgan fingerprint density at radius 3 is 2.17 bits per heavy atom. The third kappa shape index (κ3) is 4.29. The van der Waals surface area contributed by atoms with E-state index in [0.717, 1.165) is 0 Å². The van der Waals surface area contributed by atoms with Gasteiger partial charge in [0.05, 0.1) is 10.5 Å². The lowest BCUT2D eigenvalue weighted by Gasteiger charge is -2.23. The average molecular weight is 449 g/mol. The Kier molecular flexibility index (Phi) is 6.09. The van der Waals surface area contributed by atoms with E-state index < -0.39 is 29.9 Å². The van der Waals surface area contributed by atoms with Crippen molar-refractivity contribution in [1.82, 2.24) is 4.98 Å². The lowest BCUT2D eigenvalue weighted by atomic mass is 9.91. The first-order valence-electron chi connectivity index (χ1n) is 8.49. The van der Waals surface area contributed by atoms with Crippen LogP contribution >= 0.6 is 23.2 Å². The van der Waals surface area contributed by atoms with Gasteiger partial charge in [-0.05, 0) is 23.8 Å². The molecule has 0 spiro atoms. The van der Waals surface area contributed by atoms with E-state index in [1.807, 2.05) is 0 Å². The monoisotopic (exact) mass is 448 g/mol. The van der Waals surface area contributed by atoms with E-state index >= 15 is 0 Å². The van der Waals surface area contributed by atoms with Crippen LogP contribution in [0.3, 0.4) is 0 Å². The lowest BCUT2D eigenvalue weighted by Crippen LogP contribution is -2.40. The molecule has 2 unspecified atom stereocenters. The highest BCUT2D eigenvalue weighted by Gasteiger charge is 2.36. The predicted octanol–water partition coefficient (Wildman–Crippen LogP) is 3.97. The number of pyridine rings is 1. The van der Waals surface area contributed by atoms with Gasteiger partial charge in [0.1, 0.15) is 23.3 Å². The molecule has 0 amide bonds. The zero-order valence-corrected chi connectivity index (χ0v) is 16.6. The highest BCUT2D eigenvalue weighted by Crippen LogP contribution is 2.31. The Balaban J connectivity index is 2.15. The number of rotatable bonds is 7. The summed E-state index contributed by atoms with van der Waals surface area (Å²) in [5.41, 5.74) is 0.0564. The number of anilines is 1. The molecule has 0 fully saturated rings. The summed E-state index contributed by atoms with van der Waals surface area (Å²) in [6, 6.07) is 10.1. The van der Waals surface area contributed by atoms with Gasteiger partial charge in [-0.3, -0.25) is 4.79 Å². The molecule has 0 saturated carbocycles. The highest BCUT2D eigenvalue weighted by atomic mass is 35.5. The van der Waals surface area contributed by atoms with E-state index in [2.05, 4.69) is 10.3 Å². The lowest BCUT2D eigenvalue weighted by molar-refractivity contribution is -0.146. The standard InChI is InChI=1S/C20H14Cl2N2O6/c21-11-6-10-7-12(18(25)26)17(23-15(10)13(22)8-11)24-16(20(29)30)14(19(27)28)9-4-2-1-3-5-9/h1-8,14,16H,(H,23,24)(H,25,26)(H,27,28)(H,29,30). The van der Waals surface area contributed by atoms with Crippen LogP contribution in [0.5, 0.6) is 0 Å². The van der Waals surface area contributed by atoms with Gasteiger partial charge in [-0.1, -0.05) is 53.5 Å². The number of aromatic carboxylic acids is 1. The molecule has 1 heterocycles. The van der Waals surface area contributed by atoms with Crippen LogP contribution < -0.4 is 5.32 Å². The largest absolute Gasteiger partial charge is 0.481 e. The van der Waals surface area contributed by atoms with Crippen molar-refractivity contribution < 1.29 is 29.7 Å². The van der Waals surface area contributed by atoms with Crippen molar-refractivity contribution in [3.63, 3.8) is 0 Å². The molecule has 154 valence electrons. The van der Waals surface area contributed by atoms with Crippen molar-refractivity contribution in [2.24, 2.45) is 0 Å². The molecule has 0 radical (unpaired) electrons. The number of aromatic nitrogens is 1. The Labute approximate surface area is 179 Å². The number of nitrogens with zero attached hydrogens (tertiary/aromatic N) is 1. The van der Waals surface area contributed by atoms with Crippen LogP contribution in [0.4, 0.5) is 5.82 Å². The molecular weight excluding hydrogens is 435 g/mol. The molecule has 2 aromatic carbocycles. The number of carbonyl (C=O) groups is 3. The van der Waals surface area contributed by atoms with Gasteiger partial charge >= 0.3 is 17.9 Å². The summed E-state index contributed by atoms with van der Waals surface area (Å²) in [4.78, 5) is 39.7. The van der Waals surface area contributed by atoms with Gasteiger partial charge in [0.25, 0.3) is 0 Å². The van der Waals surface area contributed by atoms with Gasteiger partial charge in [-0.2, -0.15) is 0 Å². The Bertz CT molecular complexity index is 1150. The minimum atomic E-state index is -1.71. The van der Waals surface area contributed by atoms with Gasteiger partial charge in [-0.25, -0.2) is 14.6 Å². The second-order valence-electron chi connectivity index (χ2n) is 6.34. The summed E-state index contributed by atoms with van der Waals surface area (Å²) in [6.45, 7) is 0. The Hall–Kier alpha value is -3.36. The molecule has 0 aliphatic heterocycles. The zero-order valence-electron chi connectivity index (χ0n) is 15.0. The molecule has 2 atom stereocenters. The number of hydrogen-bond donors (Lipinski definition) is 4. The number of aliphatic carboxylic acids is 2. The third-order valence-electron chi connectivity index (χ3n) is 4.38. The average Bonchev–Trinajstić information content (AvgIpc) is 2.67. The van der Waals surface area contributed by atoms with E-state index in [1.165, 1.54) is 30.3 Å². The maximum Gasteiger partial charge on any atom is 0.339 e. The summed E-state index contributed by atoms with van der Waals surface area (Å²) in [6.07, 6.45) is 0. The Morgan fingerprint density at radius 2 is 1.60 bits per heavy atom. The topological polar surface area (TPSA) is 137 Å². The molecule has 0 saturated heterocycles. The van der Waals surface area contributed by atoms with Crippen LogP contribution in [0.25, 0.3) is 10.9 Å². The van der Waals surface area contributed by atoms with Crippen molar-refractivity contribution in [2.75, 3.05) is 5.32 Å². The SMILES string of the molecule is O=C(O)c1cc2cc(Cl)cc(Cl)c2nc1NC(C(=O)O)C(C(=O)O)c1ccccc1. The first-order chi connectivity index (χ1) is 14.2. The quantitative estimate of drug-likeness (QED) is 0.425. The van der Waals surface area contributed by atoms with Crippen LogP contribution in [-0.4, -0.2) is 44.3 Å². The van der Waals surface area contributed by atoms with E-state index in [1.54, 1.807) is 18.2 Å². The maximum absolute atomic E-state index is 11.9. The summed E-state index contributed by atoms with van der Waals surface area (Å²) < 4.78 is 0. The summed E-state index contributed by atoms with van der Waals surface area (Å²) in [7, 11) is 0. The van der Waals surface area contributed by atoms with Crippen molar-refractivity contribution in [1.29, 1.82) is 0 Å². The fourth-order valence-corrected chi connectivity index (χ4v) is 3.61. The van der Waals surface area contributed by atoms with Crippen molar-refractivity contribution in [3.8, 4) is 0 Å². The number of fused-ring (bicyclic) bond motifs is 1. The number of halogens is 2. The smallest absolute Gasteiger partial charge is 0.339 e. The second-order valence-corrected chi connectivity index (χ2v) is 7.18. The maximum atomic E-state index is 11.9. The van der Waals surface area contributed by atoms with Crippen LogP contribution in [0.2, 0.25) is 10.0 Å². The number of hydrogen-bond acceptors (Lipinski definition) is 5. The van der Waals surface area contributed by atoms with Gasteiger partial charge in [0.15, 0.2) is 0 Å². The van der Waals surface area contributed by atoms with Crippen molar-refractivity contribution in [2.45, 2.75) is 12.0 Å². The van der Waals surface area contributed by atoms with Crippen molar-refractivity contribution in [3.05, 3.63) is 69.7 Å². The fourth-order valence-electron chi connectivity index (χ4n) is 3.06. The van der Waals surface area contributed by atoms with Gasteiger partial charge in [-0.15, -0.1) is 0 Å². The zero-order chi connectivity index (χ0) is 22.0. The molecule has 0 aliphatic carbocycles. The molecule has 8 nitrogen and oxygen atoms in total. The second kappa shape index (κ2) is 8.56. The number of benzene rings is 2. The van der Waals surface area contributed by atoms with Crippen molar-refractivity contribution >= 4 is 57.8 Å². The van der Waals surface area contributed by atoms with E-state index in [-0.39, 0.29) is 32.5 Å².